The Hall–Kier alpha value is -1.16. The van der Waals surface area contributed by atoms with E-state index < -0.39 is 0 Å². The summed E-state index contributed by atoms with van der Waals surface area (Å²) in [5, 5.41) is 3.51. The first-order valence-corrected chi connectivity index (χ1v) is 6.10. The second kappa shape index (κ2) is 4.37. The number of thiocarbonyl (C=S) groups is 1. The van der Waals surface area contributed by atoms with Gasteiger partial charge in [0.25, 0.3) is 0 Å². The summed E-state index contributed by atoms with van der Waals surface area (Å²) in [5.41, 5.74) is 6.62. The van der Waals surface area contributed by atoms with E-state index in [-0.39, 0.29) is 5.54 Å². The van der Waals surface area contributed by atoms with Gasteiger partial charge in [0.15, 0.2) is 0 Å². The maximum absolute atomic E-state index is 5.53. The van der Waals surface area contributed by atoms with Crippen LogP contribution in [0.2, 0.25) is 0 Å². The summed E-state index contributed by atoms with van der Waals surface area (Å²) in [7, 11) is 0. The van der Waals surface area contributed by atoms with E-state index >= 15 is 0 Å². The maximum atomic E-state index is 5.53. The molecule has 1 saturated carbocycles. The second-order valence-electron chi connectivity index (χ2n) is 4.41. The molecule has 4 heteroatoms. The highest BCUT2D eigenvalue weighted by atomic mass is 32.1. The number of nitrogens with one attached hydrogen (secondary N) is 1. The molecule has 0 unspecified atom stereocenters. The summed E-state index contributed by atoms with van der Waals surface area (Å²) < 4.78 is 0. The number of anilines is 1. The summed E-state index contributed by atoms with van der Waals surface area (Å²) in [6.07, 6.45) is 6.66. The lowest BCUT2D eigenvalue weighted by atomic mass is 9.75. The molecule has 1 aliphatic carbocycles. The number of hydrogen-bond donors (Lipinski definition) is 2. The smallest absolute Gasteiger partial charge is 0.126 e. The van der Waals surface area contributed by atoms with E-state index in [1.165, 1.54) is 19.3 Å². The lowest BCUT2D eigenvalue weighted by Crippen LogP contribution is -2.44. The highest BCUT2D eigenvalue weighted by Crippen LogP contribution is 2.37. The van der Waals surface area contributed by atoms with Gasteiger partial charge in [-0.05, 0) is 37.8 Å². The van der Waals surface area contributed by atoms with Gasteiger partial charge in [-0.15, -0.1) is 0 Å². The Balaban J connectivity index is 2.07. The molecule has 3 nitrogen and oxygen atoms in total. The molecule has 0 amide bonds. The zero-order valence-electron chi connectivity index (χ0n) is 9.49. The third-order valence-electron chi connectivity index (χ3n) is 3.43. The highest BCUT2D eigenvalue weighted by molar-refractivity contribution is 7.80. The van der Waals surface area contributed by atoms with Gasteiger partial charge in [-0.3, -0.25) is 0 Å². The van der Waals surface area contributed by atoms with Crippen LogP contribution < -0.4 is 11.1 Å². The summed E-state index contributed by atoms with van der Waals surface area (Å²) in [4.78, 5) is 4.73. The van der Waals surface area contributed by atoms with Crippen molar-refractivity contribution >= 4 is 23.0 Å². The van der Waals surface area contributed by atoms with Gasteiger partial charge in [0.2, 0.25) is 0 Å². The zero-order valence-corrected chi connectivity index (χ0v) is 10.3. The second-order valence-corrected chi connectivity index (χ2v) is 4.85. The molecule has 0 atom stereocenters. The molecular weight excluding hydrogens is 218 g/mol. The van der Waals surface area contributed by atoms with Gasteiger partial charge in [0.1, 0.15) is 10.8 Å². The summed E-state index contributed by atoms with van der Waals surface area (Å²) in [5.74, 6) is 0.918. The molecule has 2 rings (SSSR count). The Kier molecular flexibility index (Phi) is 3.10. The molecule has 0 saturated heterocycles. The summed E-state index contributed by atoms with van der Waals surface area (Å²) in [6, 6.07) is 3.86. The first kappa shape index (κ1) is 11.3. The molecule has 0 bridgehead atoms. The Bertz CT molecular complexity index is 376. The molecule has 1 aromatic rings. The van der Waals surface area contributed by atoms with E-state index in [2.05, 4.69) is 17.2 Å². The molecule has 1 aromatic heterocycles. The van der Waals surface area contributed by atoms with Crippen LogP contribution in [-0.2, 0) is 0 Å². The van der Waals surface area contributed by atoms with Crippen molar-refractivity contribution in [1.82, 2.24) is 4.98 Å². The maximum Gasteiger partial charge on any atom is 0.126 e. The van der Waals surface area contributed by atoms with E-state index in [4.69, 9.17) is 18.0 Å². The van der Waals surface area contributed by atoms with E-state index in [9.17, 15) is 0 Å². The van der Waals surface area contributed by atoms with E-state index in [0.29, 0.717) is 4.99 Å². The number of aromatic nitrogens is 1. The standard InChI is InChI=1S/C12H17N3S/c1-2-12(6-3-7-12)15-10-5-4-9(8-14-10)11(13)16/h4-5,8H,2-3,6-7H2,1H3,(H2,13,16)(H,14,15). The molecule has 0 aliphatic heterocycles. The normalized spacial score (nSPS) is 17.6. The number of pyridine rings is 1. The quantitative estimate of drug-likeness (QED) is 0.787. The van der Waals surface area contributed by atoms with Crippen molar-refractivity contribution in [3.8, 4) is 0 Å². The molecule has 86 valence electrons. The minimum absolute atomic E-state index is 0.276. The van der Waals surface area contributed by atoms with Crippen LogP contribution in [0.3, 0.4) is 0 Å². The fourth-order valence-electron chi connectivity index (χ4n) is 2.06. The highest BCUT2D eigenvalue weighted by Gasteiger charge is 2.34. The van der Waals surface area contributed by atoms with E-state index in [0.717, 1.165) is 17.8 Å². The molecule has 0 aromatic carbocycles. The lowest BCUT2D eigenvalue weighted by molar-refractivity contribution is 0.269. The number of nitrogens with zero attached hydrogens (tertiary/aromatic N) is 1. The molecule has 16 heavy (non-hydrogen) atoms. The Morgan fingerprint density at radius 1 is 1.56 bits per heavy atom. The van der Waals surface area contributed by atoms with Crippen LogP contribution >= 0.6 is 12.2 Å². The van der Waals surface area contributed by atoms with Gasteiger partial charge in [0.05, 0.1) is 0 Å². The zero-order chi connectivity index (χ0) is 11.6. The van der Waals surface area contributed by atoms with Crippen LogP contribution in [0.15, 0.2) is 18.3 Å². The average Bonchev–Trinajstić information content (AvgIpc) is 2.24. The Morgan fingerprint density at radius 3 is 2.69 bits per heavy atom. The van der Waals surface area contributed by atoms with Crippen molar-refractivity contribution in [1.29, 1.82) is 0 Å². The van der Waals surface area contributed by atoms with Crippen LogP contribution in [0, 0.1) is 0 Å². The topological polar surface area (TPSA) is 50.9 Å². The predicted molar refractivity (Wildman–Crippen MR) is 70.6 cm³/mol. The average molecular weight is 235 g/mol. The lowest BCUT2D eigenvalue weighted by Gasteiger charge is -2.42. The number of nitrogens with two attached hydrogens (primary N) is 1. The first-order chi connectivity index (χ1) is 7.65. The summed E-state index contributed by atoms with van der Waals surface area (Å²) in [6.45, 7) is 2.22. The molecule has 0 radical (unpaired) electrons. The fraction of sp³-hybridized carbons (Fsp3) is 0.500. The van der Waals surface area contributed by atoms with Gasteiger partial charge in [-0.1, -0.05) is 19.1 Å². The van der Waals surface area contributed by atoms with Crippen LogP contribution in [0.4, 0.5) is 5.82 Å². The third-order valence-corrected chi connectivity index (χ3v) is 3.66. The molecule has 0 spiro atoms. The van der Waals surface area contributed by atoms with Crippen molar-refractivity contribution in [2.45, 2.75) is 38.1 Å². The Morgan fingerprint density at radius 2 is 2.31 bits per heavy atom. The van der Waals surface area contributed by atoms with Gasteiger partial charge in [-0.2, -0.15) is 0 Å². The van der Waals surface area contributed by atoms with Gasteiger partial charge in [0, 0.05) is 17.3 Å². The fourth-order valence-corrected chi connectivity index (χ4v) is 2.18. The van der Waals surface area contributed by atoms with Crippen LogP contribution in [0.1, 0.15) is 38.2 Å². The predicted octanol–water partition coefficient (Wildman–Crippen LogP) is 2.46. The van der Waals surface area contributed by atoms with E-state index in [1.807, 2.05) is 12.1 Å². The number of hydrogen-bond acceptors (Lipinski definition) is 3. The summed E-state index contributed by atoms with van der Waals surface area (Å²) >= 11 is 4.89. The van der Waals surface area contributed by atoms with Crippen LogP contribution in [-0.4, -0.2) is 15.5 Å². The molecule has 1 aliphatic rings. The Labute approximate surface area is 101 Å². The third kappa shape index (κ3) is 2.16. The monoisotopic (exact) mass is 235 g/mol. The molecule has 1 heterocycles. The van der Waals surface area contributed by atoms with Crippen molar-refractivity contribution in [2.24, 2.45) is 5.73 Å². The SMILES string of the molecule is CCC1(Nc2ccc(C(N)=S)cn2)CCC1. The van der Waals surface area contributed by atoms with Gasteiger partial charge >= 0.3 is 0 Å². The van der Waals surface area contributed by atoms with Crippen LogP contribution in [0.25, 0.3) is 0 Å². The molecule has 1 fully saturated rings. The first-order valence-electron chi connectivity index (χ1n) is 5.69. The molecular formula is C12H17N3S. The van der Waals surface area contributed by atoms with Crippen molar-refractivity contribution in [3.63, 3.8) is 0 Å². The van der Waals surface area contributed by atoms with Crippen LogP contribution in [0.5, 0.6) is 0 Å². The van der Waals surface area contributed by atoms with Gasteiger partial charge < -0.3 is 11.1 Å². The minimum Gasteiger partial charge on any atom is -0.389 e. The van der Waals surface area contributed by atoms with Gasteiger partial charge in [-0.25, -0.2) is 4.98 Å². The van der Waals surface area contributed by atoms with Crippen molar-refractivity contribution in [3.05, 3.63) is 23.9 Å². The van der Waals surface area contributed by atoms with Crippen molar-refractivity contribution < 1.29 is 0 Å². The largest absolute Gasteiger partial charge is 0.389 e. The number of rotatable bonds is 4. The van der Waals surface area contributed by atoms with Crippen molar-refractivity contribution in [2.75, 3.05) is 5.32 Å². The molecule has 3 N–H and O–H groups in total. The minimum atomic E-state index is 0.276. The van der Waals surface area contributed by atoms with E-state index in [1.54, 1.807) is 6.20 Å².